The van der Waals surface area contributed by atoms with E-state index in [1.165, 1.54) is 77.0 Å². The molecule has 0 N–H and O–H groups in total. The minimum atomic E-state index is -4.15. The van der Waals surface area contributed by atoms with Crippen LogP contribution in [-0.4, -0.2) is 43.9 Å². The summed E-state index contributed by atoms with van der Waals surface area (Å²) < 4.78 is 23.4. The van der Waals surface area contributed by atoms with E-state index in [0.29, 0.717) is 0 Å². The largest absolute Gasteiger partial charge is 0.756 e. The number of phosphoric ester groups is 1. The van der Waals surface area contributed by atoms with Crippen molar-refractivity contribution in [3.05, 3.63) is 0 Å². The molecule has 0 bridgehead atoms. The van der Waals surface area contributed by atoms with Gasteiger partial charge in [0.25, 0.3) is 7.82 Å². The Labute approximate surface area is 187 Å². The Morgan fingerprint density at radius 1 is 0.800 bits per heavy atom. The van der Waals surface area contributed by atoms with Gasteiger partial charge in [0.2, 0.25) is 0 Å². The molecule has 180 valence electrons. The molecule has 1 aliphatic rings. The summed E-state index contributed by atoms with van der Waals surface area (Å²) in [6.45, 7) is 7.73. The fourth-order valence-electron chi connectivity index (χ4n) is 4.28. The summed E-state index contributed by atoms with van der Waals surface area (Å²) in [4.78, 5) is 12.0. The topological polar surface area (TPSA) is 58.6 Å². The van der Waals surface area contributed by atoms with Crippen LogP contribution < -0.4 is 4.89 Å². The van der Waals surface area contributed by atoms with Gasteiger partial charge < -0.3 is 18.4 Å². The molecule has 1 aliphatic heterocycles. The molecule has 0 amide bonds. The zero-order valence-corrected chi connectivity index (χ0v) is 21.1. The quantitative estimate of drug-likeness (QED) is 0.127. The first-order valence-electron chi connectivity index (χ1n) is 12.9. The average molecular weight is 448 g/mol. The first kappa shape index (κ1) is 28.1. The summed E-state index contributed by atoms with van der Waals surface area (Å²) in [6.07, 6.45) is 19.4. The van der Waals surface area contributed by atoms with Gasteiger partial charge in [-0.15, -0.1) is 0 Å². The van der Waals surface area contributed by atoms with E-state index < -0.39 is 7.82 Å². The maximum absolute atomic E-state index is 12.0. The van der Waals surface area contributed by atoms with E-state index in [4.69, 9.17) is 9.05 Å². The highest BCUT2D eigenvalue weighted by molar-refractivity contribution is 7.45. The number of hydrogen-bond acceptors (Lipinski definition) is 4. The molecule has 1 unspecified atom stereocenters. The van der Waals surface area contributed by atoms with Crippen molar-refractivity contribution >= 4 is 7.82 Å². The van der Waals surface area contributed by atoms with E-state index in [0.717, 1.165) is 49.8 Å². The predicted molar refractivity (Wildman–Crippen MR) is 124 cm³/mol. The SMILES string of the molecule is CCCCCCCCCCCCCCCCOP(=O)([O-])OC1CC[N+](C)(CC)CC1. The van der Waals surface area contributed by atoms with Crippen LogP contribution in [0.3, 0.4) is 0 Å². The molecule has 0 spiro atoms. The van der Waals surface area contributed by atoms with E-state index >= 15 is 0 Å². The van der Waals surface area contributed by atoms with Crippen molar-refractivity contribution in [1.29, 1.82) is 0 Å². The van der Waals surface area contributed by atoms with Crippen molar-refractivity contribution in [1.82, 2.24) is 0 Å². The highest BCUT2D eigenvalue weighted by Gasteiger charge is 2.31. The first-order chi connectivity index (χ1) is 14.4. The molecule has 0 aromatic rings. The second kappa shape index (κ2) is 16.7. The Kier molecular flexibility index (Phi) is 15.6. The van der Waals surface area contributed by atoms with E-state index in [1.807, 2.05) is 0 Å². The molecule has 6 heteroatoms. The molecule has 30 heavy (non-hydrogen) atoms. The van der Waals surface area contributed by atoms with Gasteiger partial charge >= 0.3 is 0 Å². The summed E-state index contributed by atoms with van der Waals surface area (Å²) in [5.74, 6) is 0. The van der Waals surface area contributed by atoms with Crippen molar-refractivity contribution in [2.24, 2.45) is 0 Å². The molecule has 1 fully saturated rings. The zero-order valence-electron chi connectivity index (χ0n) is 20.2. The third-order valence-corrected chi connectivity index (χ3v) is 7.83. The van der Waals surface area contributed by atoms with Gasteiger partial charge in [0.1, 0.15) is 0 Å². The predicted octanol–water partition coefficient (Wildman–Crippen LogP) is 6.60. The Morgan fingerprint density at radius 3 is 1.67 bits per heavy atom. The number of hydrogen-bond donors (Lipinski definition) is 0. The van der Waals surface area contributed by atoms with Crippen LogP contribution in [-0.2, 0) is 13.6 Å². The maximum atomic E-state index is 12.0. The van der Waals surface area contributed by atoms with Crippen molar-refractivity contribution in [2.75, 3.05) is 33.3 Å². The minimum absolute atomic E-state index is 0.206. The summed E-state index contributed by atoms with van der Waals surface area (Å²) in [6, 6.07) is 0. The standard InChI is InChI=1S/C24H50NO4P/c1-4-6-7-8-9-10-11-12-13-14-15-16-17-18-23-28-30(26,27)29-24-19-21-25(3,5-2)22-20-24/h24H,4-23H2,1-3H3. The van der Waals surface area contributed by atoms with E-state index in [2.05, 4.69) is 20.9 Å². The smallest absolute Gasteiger partial charge is 0.268 e. The van der Waals surface area contributed by atoms with Crippen LogP contribution >= 0.6 is 7.82 Å². The van der Waals surface area contributed by atoms with E-state index in [1.54, 1.807) is 0 Å². The van der Waals surface area contributed by atoms with Crippen LogP contribution in [0.4, 0.5) is 0 Å². The number of nitrogens with zero attached hydrogens (tertiary/aromatic N) is 1. The van der Waals surface area contributed by atoms with Crippen LogP contribution in [0.15, 0.2) is 0 Å². The second-order valence-electron chi connectivity index (χ2n) is 9.56. The average Bonchev–Trinajstić information content (AvgIpc) is 2.72. The Hall–Kier alpha value is 0.0700. The third-order valence-electron chi connectivity index (χ3n) is 6.77. The molecular weight excluding hydrogens is 397 g/mol. The second-order valence-corrected chi connectivity index (χ2v) is 10.9. The first-order valence-corrected chi connectivity index (χ1v) is 14.3. The van der Waals surface area contributed by atoms with Crippen molar-refractivity contribution < 1.29 is 23.0 Å². The Morgan fingerprint density at radius 2 is 1.23 bits per heavy atom. The van der Waals surface area contributed by atoms with Crippen LogP contribution in [0.25, 0.3) is 0 Å². The molecule has 1 atom stereocenters. The van der Waals surface area contributed by atoms with Crippen LogP contribution in [0.1, 0.15) is 117 Å². The van der Waals surface area contributed by atoms with Gasteiger partial charge in [-0.2, -0.15) is 0 Å². The summed E-state index contributed by atoms with van der Waals surface area (Å²) >= 11 is 0. The number of likely N-dealkylation sites (tertiary alicyclic amines) is 1. The molecule has 1 heterocycles. The normalized spacial score (nSPS) is 24.1. The highest BCUT2D eigenvalue weighted by Crippen LogP contribution is 2.42. The van der Waals surface area contributed by atoms with Crippen molar-refractivity contribution in [3.8, 4) is 0 Å². The summed E-state index contributed by atoms with van der Waals surface area (Å²) in [7, 11) is -1.93. The molecule has 0 aromatic heterocycles. The molecule has 1 saturated heterocycles. The number of piperidine rings is 1. The lowest BCUT2D eigenvalue weighted by molar-refractivity contribution is -0.913. The number of rotatable bonds is 19. The summed E-state index contributed by atoms with van der Waals surface area (Å²) in [5.41, 5.74) is 0. The lowest BCUT2D eigenvalue weighted by Crippen LogP contribution is -2.51. The molecule has 1 rings (SSSR count). The number of unbranched alkanes of at least 4 members (excludes halogenated alkanes) is 13. The number of phosphoric acid groups is 1. The molecule has 0 aromatic carbocycles. The van der Waals surface area contributed by atoms with Gasteiger partial charge in [-0.05, 0) is 13.3 Å². The Balaban J connectivity index is 1.90. The van der Waals surface area contributed by atoms with Gasteiger partial charge in [-0.25, -0.2) is 0 Å². The number of quaternary nitrogens is 1. The highest BCUT2D eigenvalue weighted by atomic mass is 31.2. The molecule has 0 saturated carbocycles. The lowest BCUT2D eigenvalue weighted by atomic mass is 10.0. The fourth-order valence-corrected chi connectivity index (χ4v) is 5.26. The zero-order chi connectivity index (χ0) is 22.1. The van der Waals surface area contributed by atoms with Gasteiger partial charge in [0.05, 0.1) is 39.4 Å². The fraction of sp³-hybridized carbons (Fsp3) is 1.00. The van der Waals surface area contributed by atoms with E-state index in [-0.39, 0.29) is 12.7 Å². The molecule has 0 aliphatic carbocycles. The molecule has 5 nitrogen and oxygen atoms in total. The van der Waals surface area contributed by atoms with Gasteiger partial charge in [-0.3, -0.25) is 4.57 Å². The van der Waals surface area contributed by atoms with Gasteiger partial charge in [0, 0.05) is 12.8 Å². The summed E-state index contributed by atoms with van der Waals surface area (Å²) in [5, 5.41) is 0. The maximum Gasteiger partial charge on any atom is 0.268 e. The van der Waals surface area contributed by atoms with Gasteiger partial charge in [-0.1, -0.05) is 90.4 Å². The van der Waals surface area contributed by atoms with Crippen LogP contribution in [0, 0.1) is 0 Å². The third kappa shape index (κ3) is 14.2. The molecular formula is C24H50NO4P. The Bertz CT molecular complexity index is 452. The van der Waals surface area contributed by atoms with Gasteiger partial charge in [0.15, 0.2) is 0 Å². The van der Waals surface area contributed by atoms with Crippen LogP contribution in [0.5, 0.6) is 0 Å². The van der Waals surface area contributed by atoms with E-state index in [9.17, 15) is 9.46 Å². The molecule has 0 radical (unpaired) electrons. The lowest BCUT2D eigenvalue weighted by Gasteiger charge is -2.40. The van der Waals surface area contributed by atoms with Crippen molar-refractivity contribution in [2.45, 2.75) is 123 Å². The minimum Gasteiger partial charge on any atom is -0.756 e. The monoisotopic (exact) mass is 447 g/mol. The van der Waals surface area contributed by atoms with Crippen molar-refractivity contribution in [3.63, 3.8) is 0 Å². The van der Waals surface area contributed by atoms with Crippen LogP contribution in [0.2, 0.25) is 0 Å².